The van der Waals surface area contributed by atoms with Gasteiger partial charge >= 0.3 is 0 Å². The van der Waals surface area contributed by atoms with Crippen LogP contribution in [0.4, 0.5) is 0 Å². The molecule has 1 fully saturated rings. The Hall–Kier alpha value is -1.36. The van der Waals surface area contributed by atoms with Crippen molar-refractivity contribution in [1.82, 2.24) is 4.90 Å². The molecule has 1 saturated heterocycles. The van der Waals surface area contributed by atoms with Gasteiger partial charge in [0, 0.05) is 11.0 Å². The van der Waals surface area contributed by atoms with Gasteiger partial charge in [0.2, 0.25) is 5.91 Å². The van der Waals surface area contributed by atoms with Crippen molar-refractivity contribution in [2.24, 2.45) is 5.92 Å². The average molecular weight is 391 g/mol. The Kier molecular flexibility index (Phi) is 4.58. The molecule has 0 bridgehead atoms. The van der Waals surface area contributed by atoms with Crippen LogP contribution >= 0.6 is 22.6 Å². The highest BCUT2D eigenvalue weighted by Gasteiger charge is 2.46. The Morgan fingerprint density at radius 2 is 1.57 bits per heavy atom. The molecule has 1 aliphatic heterocycles. The van der Waals surface area contributed by atoms with Gasteiger partial charge in [0.25, 0.3) is 0 Å². The molecule has 21 heavy (non-hydrogen) atoms. The van der Waals surface area contributed by atoms with Crippen LogP contribution in [0.5, 0.6) is 0 Å². The first kappa shape index (κ1) is 14.6. The van der Waals surface area contributed by atoms with Crippen LogP contribution in [0.2, 0.25) is 0 Å². The number of β-lactam (4-membered cyclic amide) rings is 1. The standard InChI is InChI=1S/C18H18INO/c19-12-11-16-17(15-9-5-2-6-10-15)20(18(16)21)13-14-7-3-1-4-8-14/h1-10,16-17H,11-13H2/t16-,17-/m0/s1. The Bertz CT molecular complexity index is 599. The number of nitrogens with zero attached hydrogens (tertiary/aromatic N) is 1. The number of alkyl halides is 1. The molecule has 2 aromatic carbocycles. The van der Waals surface area contributed by atoms with Crippen LogP contribution in [-0.2, 0) is 11.3 Å². The third kappa shape index (κ3) is 2.98. The maximum absolute atomic E-state index is 12.5. The summed E-state index contributed by atoms with van der Waals surface area (Å²) < 4.78 is 1.02. The lowest BCUT2D eigenvalue weighted by molar-refractivity contribution is -0.158. The topological polar surface area (TPSA) is 20.3 Å². The fourth-order valence-corrected chi connectivity index (χ4v) is 3.71. The molecular weight excluding hydrogens is 373 g/mol. The molecule has 2 atom stereocenters. The maximum atomic E-state index is 12.5. The zero-order valence-electron chi connectivity index (χ0n) is 11.8. The van der Waals surface area contributed by atoms with Crippen LogP contribution in [0.3, 0.4) is 0 Å². The van der Waals surface area contributed by atoms with Gasteiger partial charge in [-0.3, -0.25) is 4.79 Å². The number of hydrogen-bond acceptors (Lipinski definition) is 1. The van der Waals surface area contributed by atoms with E-state index in [1.165, 1.54) is 11.1 Å². The monoisotopic (exact) mass is 391 g/mol. The van der Waals surface area contributed by atoms with E-state index in [0.717, 1.165) is 10.8 Å². The van der Waals surface area contributed by atoms with Gasteiger partial charge in [-0.1, -0.05) is 83.3 Å². The van der Waals surface area contributed by atoms with Gasteiger partial charge < -0.3 is 4.90 Å². The van der Waals surface area contributed by atoms with Gasteiger partial charge in [-0.2, -0.15) is 0 Å². The molecule has 108 valence electrons. The summed E-state index contributed by atoms with van der Waals surface area (Å²) in [5, 5.41) is 0. The van der Waals surface area contributed by atoms with Crippen molar-refractivity contribution in [2.45, 2.75) is 19.0 Å². The lowest BCUT2D eigenvalue weighted by atomic mass is 9.80. The van der Waals surface area contributed by atoms with Gasteiger partial charge in [-0.05, 0) is 17.5 Å². The first-order chi connectivity index (χ1) is 10.3. The quantitative estimate of drug-likeness (QED) is 0.425. The van der Waals surface area contributed by atoms with Crippen molar-refractivity contribution in [2.75, 3.05) is 4.43 Å². The molecule has 0 spiro atoms. The summed E-state index contributed by atoms with van der Waals surface area (Å²) in [4.78, 5) is 14.5. The van der Waals surface area contributed by atoms with Gasteiger partial charge in [0.15, 0.2) is 0 Å². The van der Waals surface area contributed by atoms with Crippen molar-refractivity contribution in [3.63, 3.8) is 0 Å². The molecule has 1 amide bonds. The lowest BCUT2D eigenvalue weighted by Crippen LogP contribution is -2.54. The van der Waals surface area contributed by atoms with Crippen LogP contribution in [0.15, 0.2) is 60.7 Å². The van der Waals surface area contributed by atoms with Crippen molar-refractivity contribution in [3.05, 3.63) is 71.8 Å². The summed E-state index contributed by atoms with van der Waals surface area (Å²) in [6.45, 7) is 0.705. The first-order valence-corrected chi connectivity index (χ1v) is 8.79. The van der Waals surface area contributed by atoms with Crippen LogP contribution in [0.1, 0.15) is 23.6 Å². The minimum Gasteiger partial charge on any atom is -0.330 e. The molecule has 2 nitrogen and oxygen atoms in total. The Morgan fingerprint density at radius 1 is 0.952 bits per heavy atom. The molecule has 1 aliphatic rings. The minimum absolute atomic E-state index is 0.146. The third-order valence-electron chi connectivity index (χ3n) is 4.07. The molecule has 3 rings (SSSR count). The van der Waals surface area contributed by atoms with Gasteiger partial charge in [0.05, 0.1) is 12.0 Å². The molecule has 0 aromatic heterocycles. The number of hydrogen-bond donors (Lipinski definition) is 0. The molecule has 0 saturated carbocycles. The highest BCUT2D eigenvalue weighted by molar-refractivity contribution is 14.1. The largest absolute Gasteiger partial charge is 0.330 e. The van der Waals surface area contributed by atoms with E-state index in [4.69, 9.17) is 0 Å². The maximum Gasteiger partial charge on any atom is 0.228 e. The van der Waals surface area contributed by atoms with E-state index in [1.54, 1.807) is 0 Å². The number of amides is 1. The number of rotatable bonds is 5. The molecule has 2 aromatic rings. The average Bonchev–Trinajstić information content (AvgIpc) is 2.55. The zero-order valence-corrected chi connectivity index (χ0v) is 13.9. The number of carbonyl (C=O) groups is 1. The number of benzene rings is 2. The molecule has 3 heteroatoms. The van der Waals surface area contributed by atoms with E-state index >= 15 is 0 Å². The van der Waals surface area contributed by atoms with Crippen LogP contribution in [0, 0.1) is 5.92 Å². The van der Waals surface area contributed by atoms with Crippen molar-refractivity contribution < 1.29 is 4.79 Å². The van der Waals surface area contributed by atoms with Crippen molar-refractivity contribution in [3.8, 4) is 0 Å². The number of carbonyl (C=O) groups excluding carboxylic acids is 1. The van der Waals surface area contributed by atoms with Gasteiger partial charge in [0.1, 0.15) is 0 Å². The van der Waals surface area contributed by atoms with Crippen LogP contribution < -0.4 is 0 Å². The summed E-state index contributed by atoms with van der Waals surface area (Å²) >= 11 is 2.36. The van der Waals surface area contributed by atoms with Crippen LogP contribution in [0.25, 0.3) is 0 Å². The predicted molar refractivity (Wildman–Crippen MR) is 93.2 cm³/mol. The molecule has 0 aliphatic carbocycles. The summed E-state index contributed by atoms with van der Waals surface area (Å²) in [7, 11) is 0. The normalized spacial score (nSPS) is 21.2. The molecule has 0 radical (unpaired) electrons. The highest BCUT2D eigenvalue weighted by atomic mass is 127. The molecule has 1 heterocycles. The summed E-state index contributed by atoms with van der Waals surface area (Å²) in [5.41, 5.74) is 2.45. The number of likely N-dealkylation sites (tertiary alicyclic amines) is 1. The second kappa shape index (κ2) is 6.60. The van der Waals surface area contributed by atoms with Gasteiger partial charge in [-0.15, -0.1) is 0 Å². The van der Waals surface area contributed by atoms with E-state index in [9.17, 15) is 4.79 Å². The van der Waals surface area contributed by atoms with Crippen molar-refractivity contribution in [1.29, 1.82) is 0 Å². The molecule has 0 N–H and O–H groups in total. The smallest absolute Gasteiger partial charge is 0.228 e. The molecular formula is C18H18INO. The zero-order chi connectivity index (χ0) is 14.7. The highest BCUT2D eigenvalue weighted by Crippen LogP contribution is 2.43. The van der Waals surface area contributed by atoms with Crippen LogP contribution in [-0.4, -0.2) is 15.2 Å². The summed E-state index contributed by atoms with van der Waals surface area (Å²) in [5.74, 6) is 0.442. The van der Waals surface area contributed by atoms with E-state index in [0.29, 0.717) is 12.5 Å². The second-order valence-corrected chi connectivity index (χ2v) is 6.47. The summed E-state index contributed by atoms with van der Waals surface area (Å²) in [6, 6.07) is 20.9. The molecule has 0 unspecified atom stereocenters. The van der Waals surface area contributed by atoms with E-state index < -0.39 is 0 Å². The Morgan fingerprint density at radius 3 is 2.19 bits per heavy atom. The predicted octanol–water partition coefficient (Wildman–Crippen LogP) is 4.21. The Labute approximate surface area is 139 Å². The SMILES string of the molecule is O=C1[C@@H](CCI)[C@H](c2ccccc2)N1Cc1ccccc1. The first-order valence-electron chi connectivity index (χ1n) is 7.26. The fraction of sp³-hybridized carbons (Fsp3) is 0.278. The minimum atomic E-state index is 0.146. The van der Waals surface area contributed by atoms with E-state index in [1.807, 2.05) is 29.2 Å². The van der Waals surface area contributed by atoms with E-state index in [-0.39, 0.29) is 12.0 Å². The van der Waals surface area contributed by atoms with Crippen molar-refractivity contribution >= 4 is 28.5 Å². The third-order valence-corrected chi connectivity index (χ3v) is 4.70. The lowest BCUT2D eigenvalue weighted by Gasteiger charge is -2.47. The summed E-state index contributed by atoms with van der Waals surface area (Å²) in [6.07, 6.45) is 0.963. The second-order valence-electron chi connectivity index (χ2n) is 5.39. The Balaban J connectivity index is 1.83. The van der Waals surface area contributed by atoms with E-state index in [2.05, 4.69) is 59.0 Å². The van der Waals surface area contributed by atoms with Gasteiger partial charge in [-0.25, -0.2) is 0 Å². The number of halogens is 1. The fourth-order valence-electron chi connectivity index (χ4n) is 3.04.